The first-order valence-corrected chi connectivity index (χ1v) is 8.20. The van der Waals surface area contributed by atoms with E-state index in [0.29, 0.717) is 24.5 Å². The van der Waals surface area contributed by atoms with Crippen LogP contribution in [0.5, 0.6) is 0 Å². The van der Waals surface area contributed by atoms with Crippen LogP contribution in [0.25, 0.3) is 0 Å². The summed E-state index contributed by atoms with van der Waals surface area (Å²) in [5, 5.41) is 13.7. The van der Waals surface area contributed by atoms with Gasteiger partial charge in [0.25, 0.3) is 5.91 Å². The number of aromatic nitrogens is 4. The van der Waals surface area contributed by atoms with Crippen molar-refractivity contribution >= 4 is 23.5 Å². The summed E-state index contributed by atoms with van der Waals surface area (Å²) in [6.07, 6.45) is 2.73. The van der Waals surface area contributed by atoms with Gasteiger partial charge >= 0.3 is 0 Å². The molecular formula is C18H20N6O2. The van der Waals surface area contributed by atoms with Crippen LogP contribution in [0, 0.1) is 0 Å². The van der Waals surface area contributed by atoms with Crippen LogP contribution in [0.1, 0.15) is 22.5 Å². The zero-order valence-electron chi connectivity index (χ0n) is 14.6. The minimum atomic E-state index is -0.385. The van der Waals surface area contributed by atoms with Crippen molar-refractivity contribution < 1.29 is 9.59 Å². The van der Waals surface area contributed by atoms with E-state index in [1.165, 1.54) is 4.68 Å². The molecule has 0 bridgehead atoms. The molecule has 8 heteroatoms. The monoisotopic (exact) mass is 352 g/mol. The first-order valence-electron chi connectivity index (χ1n) is 8.20. The van der Waals surface area contributed by atoms with Gasteiger partial charge < -0.3 is 10.6 Å². The quantitative estimate of drug-likeness (QED) is 0.709. The molecule has 0 unspecified atom stereocenters. The molecule has 0 aliphatic carbocycles. The predicted octanol–water partition coefficient (Wildman–Crippen LogP) is 1.98. The minimum Gasteiger partial charge on any atom is -0.311 e. The molecule has 2 heterocycles. The molecule has 0 atom stereocenters. The fourth-order valence-corrected chi connectivity index (χ4v) is 2.47. The molecule has 134 valence electrons. The number of carbonyl (C=O) groups is 2. The van der Waals surface area contributed by atoms with E-state index in [0.717, 1.165) is 5.56 Å². The third-order valence-corrected chi connectivity index (χ3v) is 3.82. The van der Waals surface area contributed by atoms with Crippen molar-refractivity contribution in [2.24, 2.45) is 14.1 Å². The van der Waals surface area contributed by atoms with Gasteiger partial charge in [0.15, 0.2) is 11.5 Å². The Balaban J connectivity index is 1.58. The normalized spacial score (nSPS) is 10.5. The minimum absolute atomic E-state index is 0.131. The van der Waals surface area contributed by atoms with Gasteiger partial charge in [-0.05, 0) is 12.0 Å². The van der Waals surface area contributed by atoms with Crippen molar-refractivity contribution in [2.45, 2.75) is 12.8 Å². The summed E-state index contributed by atoms with van der Waals surface area (Å²) >= 11 is 0. The number of amides is 2. The summed E-state index contributed by atoms with van der Waals surface area (Å²) in [7, 11) is 3.43. The molecule has 0 spiro atoms. The smallest absolute Gasteiger partial charge is 0.277 e. The SMILES string of the molecule is Cn1ccc(NC(=O)c2cc(NC(=O)CCc3ccccc3)n(C)n2)n1. The zero-order chi connectivity index (χ0) is 18.5. The van der Waals surface area contributed by atoms with Gasteiger partial charge in [-0.1, -0.05) is 30.3 Å². The highest BCUT2D eigenvalue weighted by Crippen LogP contribution is 2.12. The summed E-state index contributed by atoms with van der Waals surface area (Å²) in [4.78, 5) is 24.4. The third-order valence-electron chi connectivity index (χ3n) is 3.82. The molecule has 0 aliphatic rings. The van der Waals surface area contributed by atoms with Gasteiger partial charge in [0.1, 0.15) is 5.82 Å². The highest BCUT2D eigenvalue weighted by Gasteiger charge is 2.15. The third kappa shape index (κ3) is 4.35. The standard InChI is InChI=1S/C18H20N6O2/c1-23-11-10-15(22-23)19-18(26)14-12-16(24(2)21-14)20-17(25)9-8-13-6-4-3-5-7-13/h3-7,10-12H,8-9H2,1-2H3,(H,20,25)(H,19,22,26). The van der Waals surface area contributed by atoms with Crippen molar-refractivity contribution in [2.75, 3.05) is 10.6 Å². The van der Waals surface area contributed by atoms with Gasteiger partial charge in [0.05, 0.1) is 0 Å². The average Bonchev–Trinajstić information content (AvgIpc) is 3.20. The van der Waals surface area contributed by atoms with E-state index in [1.54, 1.807) is 37.1 Å². The van der Waals surface area contributed by atoms with Crippen LogP contribution in [0.3, 0.4) is 0 Å². The maximum atomic E-state index is 12.2. The van der Waals surface area contributed by atoms with Crippen LogP contribution < -0.4 is 10.6 Å². The van der Waals surface area contributed by atoms with Gasteiger partial charge in [-0.3, -0.25) is 19.0 Å². The Morgan fingerprint density at radius 3 is 2.50 bits per heavy atom. The highest BCUT2D eigenvalue weighted by molar-refractivity contribution is 6.03. The lowest BCUT2D eigenvalue weighted by molar-refractivity contribution is -0.116. The van der Waals surface area contributed by atoms with Crippen molar-refractivity contribution in [3.8, 4) is 0 Å². The van der Waals surface area contributed by atoms with Crippen LogP contribution in [-0.2, 0) is 25.3 Å². The van der Waals surface area contributed by atoms with Crippen LogP contribution in [0.4, 0.5) is 11.6 Å². The fraction of sp³-hybridized carbons (Fsp3) is 0.222. The van der Waals surface area contributed by atoms with Gasteiger partial charge in [-0.25, -0.2) is 0 Å². The van der Waals surface area contributed by atoms with Crippen LogP contribution in [0.15, 0.2) is 48.7 Å². The highest BCUT2D eigenvalue weighted by atomic mass is 16.2. The van der Waals surface area contributed by atoms with Gasteiger partial charge in [0.2, 0.25) is 5.91 Å². The van der Waals surface area contributed by atoms with Crippen molar-refractivity contribution in [3.63, 3.8) is 0 Å². The summed E-state index contributed by atoms with van der Waals surface area (Å²) in [5.41, 5.74) is 1.31. The van der Waals surface area contributed by atoms with E-state index < -0.39 is 0 Å². The number of carbonyl (C=O) groups excluding carboxylic acids is 2. The Kier molecular flexibility index (Phi) is 5.12. The molecule has 3 rings (SSSR count). The number of anilines is 2. The molecule has 0 saturated heterocycles. The van der Waals surface area contributed by atoms with Crippen molar-refractivity contribution in [1.82, 2.24) is 19.6 Å². The van der Waals surface area contributed by atoms with E-state index in [9.17, 15) is 9.59 Å². The molecule has 0 aliphatic heterocycles. The molecule has 0 saturated carbocycles. The number of benzene rings is 1. The van der Waals surface area contributed by atoms with Crippen molar-refractivity contribution in [3.05, 3.63) is 59.9 Å². The van der Waals surface area contributed by atoms with Crippen LogP contribution in [-0.4, -0.2) is 31.4 Å². The molecular weight excluding hydrogens is 332 g/mol. The van der Waals surface area contributed by atoms with E-state index in [4.69, 9.17) is 0 Å². The molecule has 1 aromatic carbocycles. The second-order valence-electron chi connectivity index (χ2n) is 5.90. The fourth-order valence-electron chi connectivity index (χ4n) is 2.47. The molecule has 0 fully saturated rings. The molecule has 2 amide bonds. The number of nitrogens with zero attached hydrogens (tertiary/aromatic N) is 4. The Labute approximate surface area is 150 Å². The van der Waals surface area contributed by atoms with E-state index in [1.807, 2.05) is 30.3 Å². The topological polar surface area (TPSA) is 93.8 Å². The lowest BCUT2D eigenvalue weighted by Gasteiger charge is -2.05. The van der Waals surface area contributed by atoms with E-state index >= 15 is 0 Å². The predicted molar refractivity (Wildman–Crippen MR) is 97.8 cm³/mol. The molecule has 8 nitrogen and oxygen atoms in total. The second kappa shape index (κ2) is 7.64. The maximum Gasteiger partial charge on any atom is 0.277 e. The Bertz CT molecular complexity index is 913. The van der Waals surface area contributed by atoms with Crippen molar-refractivity contribution in [1.29, 1.82) is 0 Å². The summed E-state index contributed by atoms with van der Waals surface area (Å²) < 4.78 is 3.06. The molecule has 2 N–H and O–H groups in total. The molecule has 0 radical (unpaired) electrons. The second-order valence-corrected chi connectivity index (χ2v) is 5.90. The van der Waals surface area contributed by atoms with Crippen LogP contribution >= 0.6 is 0 Å². The summed E-state index contributed by atoms with van der Waals surface area (Å²) in [5.74, 6) is 0.392. The lowest BCUT2D eigenvalue weighted by atomic mass is 10.1. The number of nitrogens with one attached hydrogen (secondary N) is 2. The maximum absolute atomic E-state index is 12.2. The molecule has 26 heavy (non-hydrogen) atoms. The molecule has 3 aromatic rings. The zero-order valence-corrected chi connectivity index (χ0v) is 14.6. The lowest BCUT2D eigenvalue weighted by Crippen LogP contribution is -2.14. The van der Waals surface area contributed by atoms with Gasteiger partial charge in [-0.15, -0.1) is 0 Å². The number of aryl methyl sites for hydroxylation is 3. The van der Waals surface area contributed by atoms with E-state index in [2.05, 4.69) is 20.8 Å². The Morgan fingerprint density at radius 1 is 1.04 bits per heavy atom. The Morgan fingerprint density at radius 2 is 1.81 bits per heavy atom. The summed E-state index contributed by atoms with van der Waals surface area (Å²) in [6.45, 7) is 0. The summed E-state index contributed by atoms with van der Waals surface area (Å²) in [6, 6.07) is 13.0. The Hall–Kier alpha value is -3.42. The first-order chi connectivity index (χ1) is 12.5. The number of hydrogen-bond donors (Lipinski definition) is 2. The van der Waals surface area contributed by atoms with E-state index in [-0.39, 0.29) is 17.5 Å². The first kappa shape index (κ1) is 17.4. The largest absolute Gasteiger partial charge is 0.311 e. The average molecular weight is 352 g/mol. The number of rotatable bonds is 6. The number of hydrogen-bond acceptors (Lipinski definition) is 4. The molecule has 2 aromatic heterocycles. The van der Waals surface area contributed by atoms with Crippen LogP contribution in [0.2, 0.25) is 0 Å². The van der Waals surface area contributed by atoms with Gasteiger partial charge in [0, 0.05) is 38.8 Å². The van der Waals surface area contributed by atoms with Gasteiger partial charge in [-0.2, -0.15) is 10.2 Å².